The molecule has 0 unspecified atom stereocenters. The molecule has 36 heavy (non-hydrogen) atoms. The maximum Gasteiger partial charge on any atom is 0.321 e. The van der Waals surface area contributed by atoms with Crippen molar-refractivity contribution in [2.24, 2.45) is 11.5 Å². The summed E-state index contributed by atoms with van der Waals surface area (Å²) >= 11 is 10.8. The molecule has 0 saturated heterocycles. The van der Waals surface area contributed by atoms with E-state index < -0.39 is 36.1 Å². The summed E-state index contributed by atoms with van der Waals surface area (Å²) in [7, 11) is -1.00. The lowest BCUT2D eigenvalue weighted by molar-refractivity contribution is -0.139. The number of rotatable bonds is 7. The molecule has 0 saturated carbocycles. The van der Waals surface area contributed by atoms with Crippen LogP contribution < -0.4 is 11.5 Å². The Kier molecular flexibility index (Phi) is 15.9. The summed E-state index contributed by atoms with van der Waals surface area (Å²) in [5, 5.41) is 16.1. The highest BCUT2D eigenvalue weighted by Gasteiger charge is 2.33. The molecule has 6 N–H and O–H groups in total. The second-order valence-electron chi connectivity index (χ2n) is 7.24. The molecule has 3 aromatic rings. The van der Waals surface area contributed by atoms with Gasteiger partial charge in [-0.1, -0.05) is 97.9 Å². The number of aliphatic carboxylic acids is 2. The van der Waals surface area contributed by atoms with E-state index >= 15 is 0 Å². The van der Waals surface area contributed by atoms with Gasteiger partial charge in [0.15, 0.2) is 0 Å². The van der Waals surface area contributed by atoms with E-state index in [9.17, 15) is 14.0 Å². The predicted octanol–water partition coefficient (Wildman–Crippen LogP) is 4.94. The molecule has 3 aromatic carbocycles. The summed E-state index contributed by atoms with van der Waals surface area (Å²) in [6, 6.07) is 29.2. The highest BCUT2D eigenvalue weighted by molar-refractivity contribution is 7.80. The van der Waals surface area contributed by atoms with Crippen molar-refractivity contribution in [2.75, 3.05) is 12.9 Å². The Labute approximate surface area is 223 Å². The van der Waals surface area contributed by atoms with Crippen molar-refractivity contribution in [1.82, 2.24) is 0 Å². The number of carboxylic acid groups (broad SMARTS) is 2. The third-order valence-electron chi connectivity index (χ3n) is 4.79. The molecule has 0 aliphatic heterocycles. The molecular formula is C27H34ClFN2O4S. The summed E-state index contributed by atoms with van der Waals surface area (Å²) < 4.78 is 15.5. The minimum atomic E-state index is -1.00. The monoisotopic (exact) mass is 537 g/mol. The van der Waals surface area contributed by atoms with E-state index in [4.69, 9.17) is 34.7 Å². The van der Waals surface area contributed by atoms with E-state index in [0.29, 0.717) is 6.42 Å². The Morgan fingerprint density at radius 2 is 1.14 bits per heavy atom. The number of hydrogen-bond donors (Lipinski definition) is 5. The van der Waals surface area contributed by atoms with Crippen molar-refractivity contribution < 1.29 is 25.6 Å². The normalized spacial score (nSPS) is 12.0. The van der Waals surface area contributed by atoms with Crippen molar-refractivity contribution >= 4 is 36.2 Å². The van der Waals surface area contributed by atoms with E-state index in [1.54, 1.807) is 6.92 Å². The number of hydrogen-bond acceptors (Lipinski definition) is 5. The first-order valence-corrected chi connectivity index (χ1v) is 11.9. The van der Waals surface area contributed by atoms with E-state index in [-0.39, 0.29) is 5.75 Å². The van der Waals surface area contributed by atoms with E-state index in [1.165, 1.54) is 0 Å². The Balaban J connectivity index is 0.000000631. The van der Waals surface area contributed by atoms with Gasteiger partial charge in [0.05, 0.1) is 8.52 Å². The lowest BCUT2D eigenvalue weighted by Gasteiger charge is -2.29. The minimum absolute atomic E-state index is 0.190. The molecule has 0 amide bonds. The number of benzene rings is 3. The van der Waals surface area contributed by atoms with E-state index in [2.05, 4.69) is 49.0 Å². The Morgan fingerprint density at radius 1 is 0.861 bits per heavy atom. The lowest BCUT2D eigenvalue weighted by atomic mass is 9.84. The van der Waals surface area contributed by atoms with Crippen molar-refractivity contribution in [3.63, 3.8) is 0 Å². The highest BCUT2D eigenvalue weighted by atomic mass is 35.5. The van der Waals surface area contributed by atoms with Crippen LogP contribution in [0, 0.1) is 0 Å². The lowest BCUT2D eigenvalue weighted by Crippen LogP contribution is -2.31. The quantitative estimate of drug-likeness (QED) is 0.165. The van der Waals surface area contributed by atoms with Gasteiger partial charge in [0.2, 0.25) is 0 Å². The summed E-state index contributed by atoms with van der Waals surface area (Å²) in [4.78, 5) is 18.9. The van der Waals surface area contributed by atoms with Gasteiger partial charge in [-0.3, -0.25) is 14.0 Å². The van der Waals surface area contributed by atoms with Crippen molar-refractivity contribution in [3.8, 4) is 0 Å². The van der Waals surface area contributed by atoms with Crippen LogP contribution in [0.4, 0.5) is 4.39 Å². The van der Waals surface area contributed by atoms with Gasteiger partial charge in [-0.25, -0.2) is 0 Å². The van der Waals surface area contributed by atoms with Crippen LogP contribution in [0.2, 0.25) is 0 Å². The summed E-state index contributed by atoms with van der Waals surface area (Å²) in [6.07, 6.45) is 0.495. The summed E-state index contributed by atoms with van der Waals surface area (Å²) in [6.45, 7) is 1.73. The van der Waals surface area contributed by atoms with Gasteiger partial charge in [-0.05, 0) is 23.1 Å². The highest BCUT2D eigenvalue weighted by Crippen LogP contribution is 2.42. The predicted molar refractivity (Wildman–Crippen MR) is 147 cm³/mol. The van der Waals surface area contributed by atoms with Gasteiger partial charge in [0, 0.05) is 5.75 Å². The van der Waals surface area contributed by atoms with Gasteiger partial charge in [-0.2, -0.15) is 12.6 Å². The SMILES string of the molecule is CC[C@H](N)C(=O)O.ClC(c1ccccc1)(c1ccccc1)c1ccccc1.N[C@@H](CS)C(=O)O.[2H]CF. The largest absolute Gasteiger partial charge is 0.480 e. The van der Waals surface area contributed by atoms with Crippen LogP contribution in [0.5, 0.6) is 0 Å². The number of carbonyl (C=O) groups is 2. The van der Waals surface area contributed by atoms with Crippen LogP contribution >= 0.6 is 24.2 Å². The number of alkyl halides is 2. The van der Waals surface area contributed by atoms with Crippen molar-refractivity contribution in [1.29, 1.82) is 0 Å². The maximum atomic E-state index is 9.96. The van der Waals surface area contributed by atoms with E-state index in [1.807, 2.05) is 54.6 Å². The Morgan fingerprint density at radius 3 is 1.28 bits per heavy atom. The van der Waals surface area contributed by atoms with Gasteiger partial charge in [0.25, 0.3) is 0 Å². The molecule has 0 aliphatic carbocycles. The third kappa shape index (κ3) is 10.8. The second-order valence-corrected chi connectivity index (χ2v) is 8.17. The molecule has 9 heteroatoms. The molecule has 0 bridgehead atoms. The zero-order valence-corrected chi connectivity index (χ0v) is 21.7. The van der Waals surface area contributed by atoms with Crippen LogP contribution in [0.1, 0.15) is 31.4 Å². The molecule has 196 valence electrons. The standard InChI is InChI=1S/C19H15Cl.C4H9NO2.C3H7NO2S.CH3F/c20-19(16-10-4-1-5-11-16,17-12-6-2-7-13-17)18-14-8-3-9-15-18;1-2-3(5)4(6)7;4-2(1-7)3(5)6;1-2/h1-15H;3H,2,5H2,1H3,(H,6,7);2,7H,1,4H2,(H,5,6);1H3/t;3-;2-;/m.00./s1/i;;;1D. The molecule has 3 rings (SSSR count). The topological polar surface area (TPSA) is 127 Å². The van der Waals surface area contributed by atoms with Crippen molar-refractivity contribution in [2.45, 2.75) is 30.3 Å². The second kappa shape index (κ2) is 18.4. The molecule has 0 spiro atoms. The van der Waals surface area contributed by atoms with Crippen LogP contribution in [0.25, 0.3) is 0 Å². The molecule has 0 aliphatic rings. The smallest absolute Gasteiger partial charge is 0.321 e. The van der Waals surface area contributed by atoms with E-state index in [0.717, 1.165) is 16.7 Å². The van der Waals surface area contributed by atoms with Gasteiger partial charge >= 0.3 is 11.9 Å². The van der Waals surface area contributed by atoms with Crippen LogP contribution in [-0.2, 0) is 14.5 Å². The third-order valence-corrected chi connectivity index (χ3v) is 5.83. The van der Waals surface area contributed by atoms with Gasteiger partial charge < -0.3 is 21.7 Å². The summed E-state index contributed by atoms with van der Waals surface area (Å²) in [5.74, 6) is -1.74. The zero-order valence-electron chi connectivity index (χ0n) is 21.0. The van der Waals surface area contributed by atoms with Gasteiger partial charge in [0.1, 0.15) is 17.0 Å². The number of halogens is 2. The Hall–Kier alpha value is -2.91. The molecule has 0 radical (unpaired) electrons. The summed E-state index contributed by atoms with van der Waals surface area (Å²) in [5.41, 5.74) is 13.2. The fraction of sp³-hybridized carbons (Fsp3) is 0.259. The fourth-order valence-corrected chi connectivity index (χ4v) is 3.29. The molecular weight excluding hydrogens is 503 g/mol. The van der Waals surface area contributed by atoms with Crippen molar-refractivity contribution in [3.05, 3.63) is 108 Å². The van der Waals surface area contributed by atoms with Crippen LogP contribution in [-0.4, -0.2) is 47.1 Å². The molecule has 0 heterocycles. The average molecular weight is 538 g/mol. The average Bonchev–Trinajstić information content (AvgIpc) is 2.94. The molecule has 0 fully saturated rings. The van der Waals surface area contributed by atoms with Crippen LogP contribution in [0.3, 0.4) is 0 Å². The van der Waals surface area contributed by atoms with Gasteiger partial charge in [-0.15, -0.1) is 11.6 Å². The first-order valence-electron chi connectivity index (χ1n) is 11.6. The molecule has 2 atom stereocenters. The number of thiol groups is 1. The maximum absolute atomic E-state index is 9.96. The molecule has 0 aromatic heterocycles. The fourth-order valence-electron chi connectivity index (χ4n) is 2.76. The number of nitrogens with two attached hydrogens (primary N) is 2. The minimum Gasteiger partial charge on any atom is -0.480 e. The Bertz CT molecular complexity index is 904. The number of carboxylic acids is 2. The van der Waals surface area contributed by atoms with Crippen LogP contribution in [0.15, 0.2) is 91.0 Å². The zero-order chi connectivity index (χ0) is 28.3. The first-order chi connectivity index (χ1) is 17.6. The first kappa shape index (κ1) is 31.1. The molecule has 6 nitrogen and oxygen atoms in total.